The lowest BCUT2D eigenvalue weighted by Gasteiger charge is -2.32. The van der Waals surface area contributed by atoms with Crippen LogP contribution in [0.1, 0.15) is 61.0 Å². The number of nitrogens with two attached hydrogens (primary N) is 3. The zero-order valence-corrected chi connectivity index (χ0v) is 28.6. The molecule has 0 spiro atoms. The normalized spacial score (nSPS) is 19.7. The first kappa shape index (κ1) is 41.4. The van der Waals surface area contributed by atoms with Crippen LogP contribution in [0.3, 0.4) is 0 Å². The van der Waals surface area contributed by atoms with Gasteiger partial charge < -0.3 is 58.9 Å². The highest BCUT2D eigenvalue weighted by atomic mass is 16.4. The fraction of sp³-hybridized carbons (Fsp3) is 0.516. The fourth-order valence-electron chi connectivity index (χ4n) is 5.03. The second-order valence-electron chi connectivity index (χ2n) is 12.2. The van der Waals surface area contributed by atoms with E-state index in [4.69, 9.17) is 22.3 Å². The van der Waals surface area contributed by atoms with Crippen molar-refractivity contribution in [3.8, 4) is 0 Å². The van der Waals surface area contributed by atoms with Crippen molar-refractivity contribution >= 4 is 53.3 Å². The predicted octanol–water partition coefficient (Wildman–Crippen LogP) is -3.55. The number of likely N-dealkylation sites (N-methyl/N-ethyl adjacent to an activating group) is 1. The van der Waals surface area contributed by atoms with E-state index in [1.807, 2.05) is 0 Å². The number of carboxylic acids is 2. The number of aliphatic carboxylic acids is 2. The van der Waals surface area contributed by atoms with E-state index in [1.54, 1.807) is 13.8 Å². The van der Waals surface area contributed by atoms with E-state index in [0.29, 0.717) is 11.1 Å². The molecular weight excluding hydrogens is 672 g/mol. The maximum absolute atomic E-state index is 13.9. The van der Waals surface area contributed by atoms with Crippen molar-refractivity contribution in [2.75, 3.05) is 20.1 Å². The summed E-state index contributed by atoms with van der Waals surface area (Å²) < 4.78 is 0. The zero-order valence-electron chi connectivity index (χ0n) is 28.6. The summed E-state index contributed by atoms with van der Waals surface area (Å²) in [7, 11) is 1.36. The Balaban J connectivity index is 2.57. The van der Waals surface area contributed by atoms with Gasteiger partial charge in [0.25, 0.3) is 5.91 Å². The van der Waals surface area contributed by atoms with Gasteiger partial charge in [-0.3, -0.25) is 43.3 Å². The molecular formula is C31H46N10O10. The summed E-state index contributed by atoms with van der Waals surface area (Å²) >= 11 is 0. The van der Waals surface area contributed by atoms with Gasteiger partial charge in [0.15, 0.2) is 5.96 Å². The molecule has 20 nitrogen and oxygen atoms in total. The van der Waals surface area contributed by atoms with Crippen molar-refractivity contribution in [1.29, 1.82) is 0 Å². The first-order valence-corrected chi connectivity index (χ1v) is 16.0. The van der Waals surface area contributed by atoms with E-state index in [9.17, 15) is 43.5 Å². The van der Waals surface area contributed by atoms with E-state index in [0.717, 1.165) is 4.90 Å². The van der Waals surface area contributed by atoms with Crippen LogP contribution in [0.15, 0.2) is 23.2 Å². The van der Waals surface area contributed by atoms with E-state index in [2.05, 4.69) is 31.6 Å². The third-order valence-electron chi connectivity index (χ3n) is 7.70. The highest BCUT2D eigenvalue weighted by Crippen LogP contribution is 2.16. The van der Waals surface area contributed by atoms with Crippen molar-refractivity contribution in [2.24, 2.45) is 28.1 Å². The first-order valence-electron chi connectivity index (χ1n) is 16.0. The summed E-state index contributed by atoms with van der Waals surface area (Å²) in [5.74, 6) is -7.98. The Morgan fingerprint density at radius 2 is 1.65 bits per heavy atom. The van der Waals surface area contributed by atoms with Crippen molar-refractivity contribution in [3.05, 3.63) is 34.9 Å². The summed E-state index contributed by atoms with van der Waals surface area (Å²) in [6.07, 6.45) is -1.14. The molecule has 0 saturated heterocycles. The topological polar surface area (TPSA) is 331 Å². The van der Waals surface area contributed by atoms with E-state index >= 15 is 0 Å². The van der Waals surface area contributed by atoms with Gasteiger partial charge >= 0.3 is 11.9 Å². The molecule has 0 fully saturated rings. The predicted molar refractivity (Wildman–Crippen MR) is 180 cm³/mol. The van der Waals surface area contributed by atoms with Crippen LogP contribution < -0.4 is 43.8 Å². The molecule has 1 aromatic carbocycles. The molecule has 1 aliphatic rings. The number of nitrogens with zero attached hydrogens (tertiary/aromatic N) is 2. The molecule has 280 valence electrons. The number of fused-ring (bicyclic) bond motifs is 2. The smallest absolute Gasteiger partial charge is 0.305 e. The van der Waals surface area contributed by atoms with Gasteiger partial charge in [-0.1, -0.05) is 19.9 Å². The summed E-state index contributed by atoms with van der Waals surface area (Å²) in [4.78, 5) is 107. The average Bonchev–Trinajstić information content (AvgIpc) is 3.05. The van der Waals surface area contributed by atoms with Crippen LogP contribution in [0.4, 0.5) is 0 Å². The van der Waals surface area contributed by atoms with Crippen molar-refractivity contribution < 1.29 is 48.6 Å². The Morgan fingerprint density at radius 1 is 0.980 bits per heavy atom. The zero-order chi connectivity index (χ0) is 38.4. The number of hydrogen-bond donors (Lipinski definition) is 10. The van der Waals surface area contributed by atoms with Gasteiger partial charge in [0.05, 0.1) is 25.4 Å². The Bertz CT molecular complexity index is 1530. The third-order valence-corrected chi connectivity index (χ3v) is 7.70. The highest BCUT2D eigenvalue weighted by molar-refractivity contribution is 5.99. The first-order chi connectivity index (χ1) is 23.9. The summed E-state index contributed by atoms with van der Waals surface area (Å²) in [5, 5.41) is 30.7. The molecule has 51 heavy (non-hydrogen) atoms. The number of carboxylic acid groups (broad SMARTS) is 2. The molecule has 20 heteroatoms. The molecule has 4 atom stereocenters. The summed E-state index contributed by atoms with van der Waals surface area (Å²) in [6, 6.07) is -0.899. The molecule has 1 heterocycles. The van der Waals surface area contributed by atoms with Crippen LogP contribution in [0.5, 0.6) is 0 Å². The Morgan fingerprint density at radius 3 is 2.25 bits per heavy atom. The molecule has 0 saturated carbocycles. The van der Waals surface area contributed by atoms with E-state index in [-0.39, 0.29) is 44.0 Å². The van der Waals surface area contributed by atoms with Crippen LogP contribution in [0, 0.1) is 5.92 Å². The molecule has 13 N–H and O–H groups in total. The van der Waals surface area contributed by atoms with Crippen LogP contribution in [0.2, 0.25) is 0 Å². The second kappa shape index (κ2) is 19.4. The van der Waals surface area contributed by atoms with Crippen LogP contribution in [-0.4, -0.2) is 113 Å². The van der Waals surface area contributed by atoms with E-state index in [1.165, 1.54) is 25.2 Å². The lowest BCUT2D eigenvalue weighted by atomic mass is 9.99. The minimum Gasteiger partial charge on any atom is -0.481 e. The lowest BCUT2D eigenvalue weighted by Crippen LogP contribution is -2.57. The SMILES string of the molecule is CC(C)[C@H]1NC(=O)c2cc(CNC(=O)[C@H](N)CC(=O)O)cc(c2)CNC(=O)[C@H](CC(=O)O)NC(=O)CNC(=O)[C@H](CCCN=C(N)N)N(C)C1=O. The number of carbonyl (C=O) groups excluding carboxylic acids is 6. The van der Waals surface area contributed by atoms with Gasteiger partial charge in [-0.05, 0) is 42.0 Å². The largest absolute Gasteiger partial charge is 0.481 e. The molecule has 2 bridgehead atoms. The van der Waals surface area contributed by atoms with Gasteiger partial charge in [-0.15, -0.1) is 0 Å². The van der Waals surface area contributed by atoms with Gasteiger partial charge in [0.1, 0.15) is 18.1 Å². The van der Waals surface area contributed by atoms with Crippen LogP contribution in [-0.2, 0) is 46.7 Å². The maximum atomic E-state index is 13.9. The number of amides is 6. The minimum atomic E-state index is -1.56. The van der Waals surface area contributed by atoms with Gasteiger partial charge in [0, 0.05) is 32.2 Å². The second-order valence-corrected chi connectivity index (χ2v) is 12.2. The number of guanidine groups is 1. The van der Waals surface area contributed by atoms with Gasteiger partial charge in [-0.2, -0.15) is 0 Å². The minimum absolute atomic E-state index is 0.00460. The Kier molecular flexibility index (Phi) is 15.8. The number of carbonyl (C=O) groups is 8. The molecule has 6 amide bonds. The Hall–Kier alpha value is -5.79. The van der Waals surface area contributed by atoms with Crippen LogP contribution >= 0.6 is 0 Å². The quantitative estimate of drug-likeness (QED) is 0.0569. The van der Waals surface area contributed by atoms with Crippen molar-refractivity contribution in [2.45, 2.75) is 76.8 Å². The molecule has 1 aromatic rings. The molecule has 2 rings (SSSR count). The Labute approximate surface area is 293 Å². The number of hydrogen-bond acceptors (Lipinski definition) is 10. The lowest BCUT2D eigenvalue weighted by molar-refractivity contribution is -0.142. The third kappa shape index (κ3) is 13.6. The van der Waals surface area contributed by atoms with Crippen molar-refractivity contribution in [1.82, 2.24) is 31.5 Å². The molecule has 0 aromatic heterocycles. The maximum Gasteiger partial charge on any atom is 0.305 e. The highest BCUT2D eigenvalue weighted by Gasteiger charge is 2.34. The number of aliphatic imine (C=N–C) groups is 1. The number of nitrogens with one attached hydrogen (secondary N) is 5. The van der Waals surface area contributed by atoms with E-state index < -0.39 is 96.9 Å². The monoisotopic (exact) mass is 718 g/mol. The standard InChI is InChI=1S/C31H46N10O10/c1-15(2)25-30(51)41(3)21(5-4-6-35-31(33)34)29(50)38-14-22(42)39-20(11-24(45)46)28(49)37-13-17-7-16(8-18(9-17)26(47)40-25)12-36-27(48)19(32)10-23(43)44/h7-9,15,19-21,25H,4-6,10-14,32H2,1-3H3,(H,36,48)(H,37,49)(H,38,50)(H,39,42)(H,40,47)(H,43,44)(H,45,46)(H4,33,34,35)/t19-,20+,21+,25-/m1/s1. The summed E-state index contributed by atoms with van der Waals surface area (Å²) in [6.45, 7) is 2.35. The molecule has 0 radical (unpaired) electrons. The molecule has 1 aliphatic heterocycles. The average molecular weight is 719 g/mol. The van der Waals surface area contributed by atoms with Crippen molar-refractivity contribution in [3.63, 3.8) is 0 Å². The number of benzene rings is 1. The molecule has 0 unspecified atom stereocenters. The molecule has 0 aliphatic carbocycles. The van der Waals surface area contributed by atoms with Gasteiger partial charge in [-0.25, -0.2) is 0 Å². The summed E-state index contributed by atoms with van der Waals surface area (Å²) in [5.41, 5.74) is 17.1. The van der Waals surface area contributed by atoms with Gasteiger partial charge in [0.2, 0.25) is 29.5 Å². The fourth-order valence-corrected chi connectivity index (χ4v) is 5.03. The van der Waals surface area contributed by atoms with Crippen LogP contribution in [0.25, 0.3) is 0 Å². The number of rotatable bonds is 12.